The van der Waals surface area contributed by atoms with Crippen molar-refractivity contribution in [1.29, 1.82) is 0 Å². The molecule has 30 heavy (non-hydrogen) atoms. The normalized spacial score (nSPS) is 14.2. The number of aromatic amines is 1. The van der Waals surface area contributed by atoms with E-state index in [0.717, 1.165) is 20.9 Å². The van der Waals surface area contributed by atoms with Crippen molar-refractivity contribution in [2.24, 2.45) is 0 Å². The number of hydrogen-bond acceptors (Lipinski definition) is 4. The molecule has 0 bridgehead atoms. The smallest absolute Gasteiger partial charge is 0.270 e. The molecule has 4 rings (SSSR count). The van der Waals surface area contributed by atoms with Gasteiger partial charge in [-0.15, -0.1) is 0 Å². The van der Waals surface area contributed by atoms with E-state index in [1.54, 1.807) is 21.9 Å². The lowest BCUT2D eigenvalue weighted by molar-refractivity contribution is -0.131. The Labute approximate surface area is 182 Å². The third kappa shape index (κ3) is 4.14. The Balaban J connectivity index is 1.36. The summed E-state index contributed by atoms with van der Waals surface area (Å²) in [5.41, 5.74) is 2.25. The molecule has 1 fully saturated rings. The standard InChI is InChI=1S/C22H22BrN3O4/c1-30-20-10-14(2-5-19(20)27)11-21(28)25-6-8-26(9-7-25)22(29)18-13-15-12-16(23)3-4-17(15)24-18/h2-5,10,12-13,24,27H,6-9,11H2,1H3. The molecule has 1 aliphatic heterocycles. The number of phenols is 1. The molecule has 156 valence electrons. The number of aromatic nitrogens is 1. The van der Waals surface area contributed by atoms with E-state index in [2.05, 4.69) is 20.9 Å². The lowest BCUT2D eigenvalue weighted by Crippen LogP contribution is -2.51. The number of hydrogen-bond donors (Lipinski definition) is 2. The molecule has 7 nitrogen and oxygen atoms in total. The monoisotopic (exact) mass is 471 g/mol. The van der Waals surface area contributed by atoms with Gasteiger partial charge in [-0.1, -0.05) is 22.0 Å². The summed E-state index contributed by atoms with van der Waals surface area (Å²) in [6.07, 6.45) is 0.224. The third-order valence-corrected chi connectivity index (χ3v) is 5.83. The number of benzene rings is 2. The maximum Gasteiger partial charge on any atom is 0.270 e. The van der Waals surface area contributed by atoms with E-state index >= 15 is 0 Å². The van der Waals surface area contributed by atoms with Crippen molar-refractivity contribution in [3.05, 3.63) is 58.2 Å². The largest absolute Gasteiger partial charge is 0.504 e. The SMILES string of the molecule is COc1cc(CC(=O)N2CCN(C(=O)c3cc4cc(Br)ccc4[nH]3)CC2)ccc1O. The van der Waals surface area contributed by atoms with Crippen molar-refractivity contribution >= 4 is 38.6 Å². The molecule has 1 aromatic heterocycles. The van der Waals surface area contributed by atoms with E-state index in [4.69, 9.17) is 4.74 Å². The average molecular weight is 472 g/mol. The molecule has 8 heteroatoms. The van der Waals surface area contributed by atoms with Crippen LogP contribution in [0.4, 0.5) is 0 Å². The fourth-order valence-electron chi connectivity index (χ4n) is 3.67. The van der Waals surface area contributed by atoms with Gasteiger partial charge in [0, 0.05) is 41.6 Å². The van der Waals surface area contributed by atoms with Crippen molar-refractivity contribution in [1.82, 2.24) is 14.8 Å². The predicted molar refractivity (Wildman–Crippen MR) is 117 cm³/mol. The van der Waals surface area contributed by atoms with Crippen LogP contribution in [0.15, 0.2) is 46.9 Å². The summed E-state index contributed by atoms with van der Waals surface area (Å²) in [4.78, 5) is 32.2. The summed E-state index contributed by atoms with van der Waals surface area (Å²) < 4.78 is 6.06. The minimum atomic E-state index is -0.0577. The minimum absolute atomic E-state index is 0.00898. The van der Waals surface area contributed by atoms with E-state index in [1.165, 1.54) is 13.2 Å². The highest BCUT2D eigenvalue weighted by Crippen LogP contribution is 2.27. The van der Waals surface area contributed by atoms with Crippen molar-refractivity contribution in [2.45, 2.75) is 6.42 Å². The van der Waals surface area contributed by atoms with Crippen LogP contribution in [0.5, 0.6) is 11.5 Å². The first-order chi connectivity index (χ1) is 14.4. The number of piperazine rings is 1. The van der Waals surface area contributed by atoms with Crippen LogP contribution in [0, 0.1) is 0 Å². The van der Waals surface area contributed by atoms with Crippen LogP contribution in [0.1, 0.15) is 16.1 Å². The molecule has 0 atom stereocenters. The quantitative estimate of drug-likeness (QED) is 0.611. The Morgan fingerprint density at radius 3 is 2.53 bits per heavy atom. The number of nitrogens with one attached hydrogen (secondary N) is 1. The van der Waals surface area contributed by atoms with Gasteiger partial charge in [0.2, 0.25) is 5.91 Å². The average Bonchev–Trinajstić information content (AvgIpc) is 3.17. The fraction of sp³-hybridized carbons (Fsp3) is 0.273. The van der Waals surface area contributed by atoms with Gasteiger partial charge in [0.1, 0.15) is 5.69 Å². The van der Waals surface area contributed by atoms with Crippen LogP contribution in [0.25, 0.3) is 10.9 Å². The number of methoxy groups -OCH3 is 1. The van der Waals surface area contributed by atoms with Crippen molar-refractivity contribution < 1.29 is 19.4 Å². The maximum absolute atomic E-state index is 12.9. The van der Waals surface area contributed by atoms with Crippen LogP contribution in [0.3, 0.4) is 0 Å². The lowest BCUT2D eigenvalue weighted by atomic mass is 10.1. The highest BCUT2D eigenvalue weighted by atomic mass is 79.9. The zero-order valence-corrected chi connectivity index (χ0v) is 18.1. The molecule has 0 aliphatic carbocycles. The van der Waals surface area contributed by atoms with Crippen molar-refractivity contribution in [3.63, 3.8) is 0 Å². The van der Waals surface area contributed by atoms with Gasteiger partial charge in [0.15, 0.2) is 11.5 Å². The molecular weight excluding hydrogens is 450 g/mol. The summed E-state index contributed by atoms with van der Waals surface area (Å²) in [7, 11) is 1.48. The third-order valence-electron chi connectivity index (χ3n) is 5.33. The van der Waals surface area contributed by atoms with E-state index in [1.807, 2.05) is 24.3 Å². The van der Waals surface area contributed by atoms with Gasteiger partial charge in [-0.05, 0) is 42.0 Å². The lowest BCUT2D eigenvalue weighted by Gasteiger charge is -2.34. The number of H-pyrrole nitrogens is 1. The Morgan fingerprint density at radius 2 is 1.80 bits per heavy atom. The number of nitrogens with zero attached hydrogens (tertiary/aromatic N) is 2. The molecule has 2 heterocycles. The molecule has 0 saturated carbocycles. The number of ether oxygens (including phenoxy) is 1. The second kappa shape index (κ2) is 8.39. The molecule has 2 N–H and O–H groups in total. The van der Waals surface area contributed by atoms with Crippen molar-refractivity contribution in [3.8, 4) is 11.5 Å². The number of phenolic OH excluding ortho intramolecular Hbond substituents is 1. The number of carbonyl (C=O) groups is 2. The topological polar surface area (TPSA) is 85.9 Å². The summed E-state index contributed by atoms with van der Waals surface area (Å²) in [5, 5.41) is 10.7. The fourth-order valence-corrected chi connectivity index (χ4v) is 4.05. The van der Waals surface area contributed by atoms with Gasteiger partial charge in [-0.2, -0.15) is 0 Å². The minimum Gasteiger partial charge on any atom is -0.504 e. The molecule has 0 unspecified atom stereocenters. The summed E-state index contributed by atoms with van der Waals surface area (Å²) in [6.45, 7) is 1.96. The predicted octanol–water partition coefficient (Wildman–Crippen LogP) is 3.17. The van der Waals surface area contributed by atoms with Crippen LogP contribution in [0.2, 0.25) is 0 Å². The summed E-state index contributed by atoms with van der Waals surface area (Å²) in [5.74, 6) is 0.328. The molecule has 1 aliphatic rings. The first-order valence-corrected chi connectivity index (χ1v) is 10.4. The van der Waals surface area contributed by atoms with Crippen LogP contribution < -0.4 is 4.74 Å². The number of halogens is 1. The molecule has 0 spiro atoms. The summed E-state index contributed by atoms with van der Waals surface area (Å²) >= 11 is 3.44. The van der Waals surface area contributed by atoms with E-state index in [9.17, 15) is 14.7 Å². The zero-order valence-electron chi connectivity index (χ0n) is 16.5. The number of amides is 2. The van der Waals surface area contributed by atoms with Crippen molar-refractivity contribution in [2.75, 3.05) is 33.3 Å². The van der Waals surface area contributed by atoms with Crippen LogP contribution >= 0.6 is 15.9 Å². The van der Waals surface area contributed by atoms with Gasteiger partial charge < -0.3 is 24.6 Å². The van der Waals surface area contributed by atoms with Gasteiger partial charge in [-0.25, -0.2) is 0 Å². The van der Waals surface area contributed by atoms with Gasteiger partial charge in [-0.3, -0.25) is 9.59 Å². The molecule has 0 radical (unpaired) electrons. The van der Waals surface area contributed by atoms with Gasteiger partial charge >= 0.3 is 0 Å². The number of rotatable bonds is 4. The Morgan fingerprint density at radius 1 is 1.07 bits per heavy atom. The summed E-state index contributed by atoms with van der Waals surface area (Å²) in [6, 6.07) is 12.6. The first kappa shape index (κ1) is 20.3. The Bertz CT molecular complexity index is 1100. The molecule has 3 aromatic rings. The second-order valence-electron chi connectivity index (χ2n) is 7.27. The maximum atomic E-state index is 12.9. The first-order valence-electron chi connectivity index (χ1n) is 9.66. The van der Waals surface area contributed by atoms with E-state index < -0.39 is 0 Å². The van der Waals surface area contributed by atoms with Crippen LogP contribution in [-0.2, 0) is 11.2 Å². The van der Waals surface area contributed by atoms with Gasteiger partial charge in [0.05, 0.1) is 13.5 Å². The molecule has 1 saturated heterocycles. The van der Waals surface area contributed by atoms with Gasteiger partial charge in [0.25, 0.3) is 5.91 Å². The highest BCUT2D eigenvalue weighted by molar-refractivity contribution is 9.10. The van der Waals surface area contributed by atoms with E-state index in [-0.39, 0.29) is 24.0 Å². The molecular formula is C22H22BrN3O4. The second-order valence-corrected chi connectivity index (χ2v) is 8.19. The molecule has 2 amide bonds. The Hall–Kier alpha value is -3.00. The number of aromatic hydroxyl groups is 1. The van der Waals surface area contributed by atoms with E-state index in [0.29, 0.717) is 37.6 Å². The Kier molecular flexibility index (Phi) is 5.67. The number of carbonyl (C=O) groups excluding carboxylic acids is 2. The number of fused-ring (bicyclic) bond motifs is 1. The molecule has 2 aromatic carbocycles. The van der Waals surface area contributed by atoms with Crippen LogP contribution in [-0.4, -0.2) is 65.0 Å². The highest BCUT2D eigenvalue weighted by Gasteiger charge is 2.26. The zero-order chi connectivity index (χ0) is 21.3.